The van der Waals surface area contributed by atoms with E-state index in [0.717, 1.165) is 12.1 Å². The lowest BCUT2D eigenvalue weighted by atomic mass is 9.93. The molecule has 1 heterocycles. The average Bonchev–Trinajstić information content (AvgIpc) is 2.28. The highest BCUT2D eigenvalue weighted by Gasteiger charge is 2.30. The molecule has 2 atom stereocenters. The maximum absolute atomic E-state index is 13.5. The fourth-order valence-corrected chi connectivity index (χ4v) is 2.32. The normalized spacial score (nSPS) is 27.4. The van der Waals surface area contributed by atoms with Crippen molar-refractivity contribution in [2.45, 2.75) is 51.9 Å². The smallest absolute Gasteiger partial charge is 0.103 e. The summed E-state index contributed by atoms with van der Waals surface area (Å²) < 4.78 is 13.5. The van der Waals surface area contributed by atoms with Gasteiger partial charge in [-0.3, -0.25) is 4.90 Å². The summed E-state index contributed by atoms with van der Waals surface area (Å²) in [5.41, 5.74) is 1.01. The summed E-state index contributed by atoms with van der Waals surface area (Å²) in [6, 6.07) is 0.597. The molecule has 0 aromatic carbocycles. The quantitative estimate of drug-likeness (QED) is 0.671. The summed E-state index contributed by atoms with van der Waals surface area (Å²) in [6.45, 7) is 11.2. The van der Waals surface area contributed by atoms with Crippen LogP contribution in [-0.2, 0) is 0 Å². The highest BCUT2D eigenvalue weighted by molar-refractivity contribution is 5.25. The first-order valence-electron chi connectivity index (χ1n) is 6.44. The summed E-state index contributed by atoms with van der Waals surface area (Å²) >= 11 is 0. The molecule has 0 radical (unpaired) electrons. The zero-order chi connectivity index (χ0) is 12.8. The zero-order valence-corrected chi connectivity index (χ0v) is 11.2. The summed E-state index contributed by atoms with van der Waals surface area (Å²) in [6.07, 6.45) is 8.48. The van der Waals surface area contributed by atoms with Crippen molar-refractivity contribution in [2.75, 3.05) is 6.54 Å². The molecule has 1 aliphatic rings. The van der Waals surface area contributed by atoms with Gasteiger partial charge in [0.2, 0.25) is 0 Å². The number of hydrogen-bond acceptors (Lipinski definition) is 1. The van der Waals surface area contributed by atoms with E-state index in [-0.39, 0.29) is 6.04 Å². The molecule has 0 unspecified atom stereocenters. The fourth-order valence-electron chi connectivity index (χ4n) is 2.32. The van der Waals surface area contributed by atoms with E-state index in [2.05, 4.69) is 25.3 Å². The molecule has 0 N–H and O–H groups in total. The minimum absolute atomic E-state index is 0.153. The van der Waals surface area contributed by atoms with Gasteiger partial charge < -0.3 is 0 Å². The molecule has 2 heteroatoms. The predicted molar refractivity (Wildman–Crippen MR) is 72.9 cm³/mol. The molecule has 96 valence electrons. The molecular formula is C15H24FN. The number of piperidine rings is 1. The minimum Gasteiger partial charge on any atom is -0.294 e. The van der Waals surface area contributed by atoms with Gasteiger partial charge in [0.1, 0.15) is 6.17 Å². The topological polar surface area (TPSA) is 3.24 Å². The number of likely N-dealkylation sites (tertiary alicyclic amines) is 1. The number of hydrogen-bond donors (Lipinski definition) is 0. The van der Waals surface area contributed by atoms with E-state index in [1.807, 2.05) is 31.2 Å². The van der Waals surface area contributed by atoms with Gasteiger partial charge in [-0.05, 0) is 39.2 Å². The Morgan fingerprint density at radius 3 is 2.71 bits per heavy atom. The van der Waals surface area contributed by atoms with Crippen molar-refractivity contribution in [1.82, 2.24) is 4.90 Å². The standard InChI is InChI=1S/C15H24FN/c1-5-6-7-8-13(4)15-11-14(16)9-10-17(15)12(2)3/h5-8,12,14-15H,4,9-11H2,1-3H3/b6-5-,8-7-/t14-,15-/m1/s1. The maximum atomic E-state index is 13.5. The van der Waals surface area contributed by atoms with Crippen LogP contribution in [-0.4, -0.2) is 29.7 Å². The van der Waals surface area contributed by atoms with E-state index in [1.165, 1.54) is 0 Å². The van der Waals surface area contributed by atoms with E-state index >= 15 is 0 Å². The molecule has 1 saturated heterocycles. The van der Waals surface area contributed by atoms with Crippen LogP contribution in [0.25, 0.3) is 0 Å². The SMILES string of the molecule is C=C(/C=C\C=C/C)[C@H]1C[C@H](F)CCN1C(C)C. The Morgan fingerprint density at radius 2 is 2.12 bits per heavy atom. The Kier molecular flexibility index (Phi) is 5.63. The summed E-state index contributed by atoms with van der Waals surface area (Å²) in [4.78, 5) is 2.35. The van der Waals surface area contributed by atoms with Crippen LogP contribution < -0.4 is 0 Å². The molecule has 0 aromatic heterocycles. The summed E-state index contributed by atoms with van der Waals surface area (Å²) in [5, 5.41) is 0. The van der Waals surface area contributed by atoms with Crippen LogP contribution in [0.2, 0.25) is 0 Å². The van der Waals surface area contributed by atoms with Crippen molar-refractivity contribution in [3.8, 4) is 0 Å². The van der Waals surface area contributed by atoms with Gasteiger partial charge in [0, 0.05) is 18.6 Å². The third kappa shape index (κ3) is 4.12. The number of nitrogens with zero attached hydrogens (tertiary/aromatic N) is 1. The van der Waals surface area contributed by atoms with Gasteiger partial charge in [-0.15, -0.1) is 0 Å². The lowest BCUT2D eigenvalue weighted by molar-refractivity contribution is 0.0848. The summed E-state index contributed by atoms with van der Waals surface area (Å²) in [7, 11) is 0. The van der Waals surface area contributed by atoms with Gasteiger partial charge >= 0.3 is 0 Å². The van der Waals surface area contributed by atoms with Crippen LogP contribution in [0.5, 0.6) is 0 Å². The first kappa shape index (κ1) is 14.2. The lowest BCUT2D eigenvalue weighted by Gasteiger charge is -2.40. The first-order chi connectivity index (χ1) is 8.06. The molecule has 1 fully saturated rings. The Morgan fingerprint density at radius 1 is 1.41 bits per heavy atom. The monoisotopic (exact) mass is 237 g/mol. The molecular weight excluding hydrogens is 213 g/mol. The van der Waals surface area contributed by atoms with Gasteiger partial charge in [-0.1, -0.05) is 30.9 Å². The van der Waals surface area contributed by atoms with Gasteiger partial charge in [0.25, 0.3) is 0 Å². The minimum atomic E-state index is -0.679. The molecule has 1 aliphatic heterocycles. The van der Waals surface area contributed by atoms with Gasteiger partial charge in [-0.25, -0.2) is 4.39 Å². The highest BCUT2D eigenvalue weighted by atomic mass is 19.1. The molecule has 17 heavy (non-hydrogen) atoms. The van der Waals surface area contributed by atoms with E-state index in [0.29, 0.717) is 18.9 Å². The molecule has 0 aliphatic carbocycles. The van der Waals surface area contributed by atoms with Gasteiger partial charge in [-0.2, -0.15) is 0 Å². The third-order valence-electron chi connectivity index (χ3n) is 3.29. The lowest BCUT2D eigenvalue weighted by Crippen LogP contribution is -2.47. The number of rotatable bonds is 4. The second-order valence-electron chi connectivity index (χ2n) is 4.93. The van der Waals surface area contributed by atoms with Crippen molar-refractivity contribution in [3.05, 3.63) is 36.5 Å². The van der Waals surface area contributed by atoms with E-state index in [4.69, 9.17) is 0 Å². The van der Waals surface area contributed by atoms with Crippen molar-refractivity contribution >= 4 is 0 Å². The Balaban J connectivity index is 2.71. The number of alkyl halides is 1. The van der Waals surface area contributed by atoms with Crippen molar-refractivity contribution in [2.24, 2.45) is 0 Å². The molecule has 0 saturated carbocycles. The molecule has 0 spiro atoms. The highest BCUT2D eigenvalue weighted by Crippen LogP contribution is 2.26. The van der Waals surface area contributed by atoms with Gasteiger partial charge in [0.15, 0.2) is 0 Å². The number of allylic oxidation sites excluding steroid dienone is 3. The van der Waals surface area contributed by atoms with E-state index < -0.39 is 6.17 Å². The molecule has 1 nitrogen and oxygen atoms in total. The Labute approximate surface area is 105 Å². The molecule has 0 amide bonds. The van der Waals surface area contributed by atoms with Crippen LogP contribution in [0.15, 0.2) is 36.5 Å². The molecule has 0 bridgehead atoms. The van der Waals surface area contributed by atoms with Crippen LogP contribution in [0, 0.1) is 0 Å². The zero-order valence-electron chi connectivity index (χ0n) is 11.2. The van der Waals surface area contributed by atoms with Gasteiger partial charge in [0.05, 0.1) is 0 Å². The molecule has 0 aromatic rings. The van der Waals surface area contributed by atoms with Crippen molar-refractivity contribution in [1.29, 1.82) is 0 Å². The van der Waals surface area contributed by atoms with E-state index in [9.17, 15) is 4.39 Å². The van der Waals surface area contributed by atoms with Crippen molar-refractivity contribution in [3.63, 3.8) is 0 Å². The van der Waals surface area contributed by atoms with E-state index in [1.54, 1.807) is 0 Å². The van der Waals surface area contributed by atoms with Crippen LogP contribution >= 0.6 is 0 Å². The summed E-state index contributed by atoms with van der Waals surface area (Å²) in [5.74, 6) is 0. The first-order valence-corrected chi connectivity index (χ1v) is 6.44. The maximum Gasteiger partial charge on any atom is 0.103 e. The predicted octanol–water partition coefficient (Wildman–Crippen LogP) is 3.89. The second kappa shape index (κ2) is 6.75. The second-order valence-corrected chi connectivity index (χ2v) is 4.93. The largest absolute Gasteiger partial charge is 0.294 e. The van der Waals surface area contributed by atoms with Crippen LogP contribution in [0.4, 0.5) is 4.39 Å². The third-order valence-corrected chi connectivity index (χ3v) is 3.29. The Hall–Kier alpha value is -0.890. The van der Waals surface area contributed by atoms with Crippen LogP contribution in [0.3, 0.4) is 0 Å². The number of halogens is 1. The van der Waals surface area contributed by atoms with Crippen molar-refractivity contribution < 1.29 is 4.39 Å². The Bertz CT molecular complexity index is 304. The molecule has 1 rings (SSSR count). The van der Waals surface area contributed by atoms with Crippen LogP contribution in [0.1, 0.15) is 33.6 Å². The average molecular weight is 237 g/mol. The fraction of sp³-hybridized carbons (Fsp3) is 0.600.